The van der Waals surface area contributed by atoms with E-state index < -0.39 is 0 Å². The molecular weight excluding hydrogens is 190 g/mol. The highest BCUT2D eigenvalue weighted by atomic mass is 16.5. The Morgan fingerprint density at radius 1 is 1.33 bits per heavy atom. The summed E-state index contributed by atoms with van der Waals surface area (Å²) < 4.78 is 5.62. The highest BCUT2D eigenvalue weighted by Gasteiger charge is 2.15. The zero-order valence-corrected chi connectivity index (χ0v) is 8.52. The summed E-state index contributed by atoms with van der Waals surface area (Å²) in [7, 11) is 0. The van der Waals surface area contributed by atoms with Crippen LogP contribution in [0.4, 0.5) is 0 Å². The second kappa shape index (κ2) is 4.74. The van der Waals surface area contributed by atoms with E-state index in [1.807, 2.05) is 6.07 Å². The maximum absolute atomic E-state index is 8.67. The van der Waals surface area contributed by atoms with Crippen molar-refractivity contribution in [3.05, 3.63) is 18.0 Å². The van der Waals surface area contributed by atoms with Gasteiger partial charge in [0.1, 0.15) is 17.9 Å². The molecule has 0 bridgehead atoms. The van der Waals surface area contributed by atoms with Crippen LogP contribution in [0.1, 0.15) is 37.8 Å². The predicted molar refractivity (Wildman–Crippen MR) is 54.2 cm³/mol. The third kappa shape index (κ3) is 2.66. The van der Waals surface area contributed by atoms with Crippen LogP contribution >= 0.6 is 0 Å². The van der Waals surface area contributed by atoms with Crippen LogP contribution in [0.3, 0.4) is 0 Å². The molecule has 4 nitrogen and oxygen atoms in total. The van der Waals surface area contributed by atoms with Crippen LogP contribution in [-0.4, -0.2) is 16.1 Å². The van der Waals surface area contributed by atoms with Crippen molar-refractivity contribution in [2.45, 2.75) is 38.2 Å². The fourth-order valence-corrected chi connectivity index (χ4v) is 1.79. The quantitative estimate of drug-likeness (QED) is 0.738. The molecule has 2 rings (SSSR count). The predicted octanol–water partition coefficient (Wildman–Crippen LogP) is 2.06. The van der Waals surface area contributed by atoms with Gasteiger partial charge in [0.05, 0.1) is 0 Å². The molecule has 0 spiro atoms. The van der Waals surface area contributed by atoms with Gasteiger partial charge in [0.25, 0.3) is 0 Å². The molecule has 1 saturated carbocycles. The van der Waals surface area contributed by atoms with Gasteiger partial charge < -0.3 is 4.74 Å². The molecule has 78 valence electrons. The van der Waals surface area contributed by atoms with Crippen molar-refractivity contribution in [2.75, 3.05) is 0 Å². The van der Waals surface area contributed by atoms with E-state index in [0.29, 0.717) is 11.7 Å². The molecule has 0 radical (unpaired) electrons. The van der Waals surface area contributed by atoms with Gasteiger partial charge in [-0.25, -0.2) is 4.98 Å². The third-order valence-corrected chi connectivity index (χ3v) is 2.57. The number of aromatic nitrogens is 2. The lowest BCUT2D eigenvalue weighted by atomic mass is 9.98. The van der Waals surface area contributed by atoms with E-state index in [1.54, 1.807) is 12.3 Å². The first-order chi connectivity index (χ1) is 7.38. The fourth-order valence-electron chi connectivity index (χ4n) is 1.79. The molecule has 0 atom stereocenters. The van der Waals surface area contributed by atoms with Gasteiger partial charge in [-0.3, -0.25) is 0 Å². The molecule has 0 aromatic carbocycles. The summed E-state index contributed by atoms with van der Waals surface area (Å²) in [5, 5.41) is 8.67. The lowest BCUT2D eigenvalue weighted by Crippen LogP contribution is -2.20. The van der Waals surface area contributed by atoms with E-state index >= 15 is 0 Å². The Morgan fingerprint density at radius 2 is 2.13 bits per heavy atom. The van der Waals surface area contributed by atoms with Crippen LogP contribution in [0.5, 0.6) is 6.01 Å². The van der Waals surface area contributed by atoms with Gasteiger partial charge in [-0.15, -0.1) is 0 Å². The van der Waals surface area contributed by atoms with Crippen LogP contribution in [0.15, 0.2) is 12.3 Å². The van der Waals surface area contributed by atoms with Crippen molar-refractivity contribution in [2.24, 2.45) is 0 Å². The first-order valence-corrected chi connectivity index (χ1v) is 5.28. The third-order valence-electron chi connectivity index (χ3n) is 2.57. The maximum Gasteiger partial charge on any atom is 0.317 e. The molecule has 1 aromatic rings. The summed E-state index contributed by atoms with van der Waals surface area (Å²) in [6, 6.07) is 3.88. The molecule has 0 N–H and O–H groups in total. The summed E-state index contributed by atoms with van der Waals surface area (Å²) in [6.45, 7) is 0. The van der Waals surface area contributed by atoms with Crippen LogP contribution in [0.25, 0.3) is 0 Å². The Hall–Kier alpha value is -1.63. The first-order valence-electron chi connectivity index (χ1n) is 5.28. The van der Waals surface area contributed by atoms with Crippen LogP contribution in [0, 0.1) is 11.3 Å². The van der Waals surface area contributed by atoms with Crippen molar-refractivity contribution in [1.82, 2.24) is 9.97 Å². The second-order valence-corrected chi connectivity index (χ2v) is 3.71. The fraction of sp³-hybridized carbons (Fsp3) is 0.545. The van der Waals surface area contributed by atoms with E-state index in [-0.39, 0.29) is 6.10 Å². The maximum atomic E-state index is 8.67. The molecule has 1 heterocycles. The van der Waals surface area contributed by atoms with Gasteiger partial charge in [0, 0.05) is 6.20 Å². The topological polar surface area (TPSA) is 58.8 Å². The highest BCUT2D eigenvalue weighted by molar-refractivity contribution is 5.19. The summed E-state index contributed by atoms with van der Waals surface area (Å²) in [6.07, 6.45) is 7.64. The van der Waals surface area contributed by atoms with E-state index in [2.05, 4.69) is 9.97 Å². The van der Waals surface area contributed by atoms with E-state index in [1.165, 1.54) is 19.3 Å². The Balaban J connectivity index is 2.00. The lowest BCUT2D eigenvalue weighted by Gasteiger charge is -2.21. The molecule has 1 aliphatic rings. The molecule has 0 unspecified atom stereocenters. The molecule has 0 saturated heterocycles. The van der Waals surface area contributed by atoms with Gasteiger partial charge in [0.15, 0.2) is 0 Å². The van der Waals surface area contributed by atoms with E-state index in [4.69, 9.17) is 10.00 Å². The van der Waals surface area contributed by atoms with E-state index in [9.17, 15) is 0 Å². The Labute approximate surface area is 88.9 Å². The second-order valence-electron chi connectivity index (χ2n) is 3.71. The van der Waals surface area contributed by atoms with Crippen molar-refractivity contribution >= 4 is 0 Å². The number of hydrogen-bond acceptors (Lipinski definition) is 4. The number of nitrogens with zero attached hydrogens (tertiary/aromatic N) is 3. The number of ether oxygens (including phenoxy) is 1. The minimum absolute atomic E-state index is 0.229. The number of nitriles is 1. The molecule has 0 amide bonds. The zero-order chi connectivity index (χ0) is 10.5. The Bertz CT molecular complexity index is 366. The summed E-state index contributed by atoms with van der Waals surface area (Å²) in [5.41, 5.74) is 0.357. The largest absolute Gasteiger partial charge is 0.460 e. The average molecular weight is 203 g/mol. The molecule has 1 aliphatic carbocycles. The highest BCUT2D eigenvalue weighted by Crippen LogP contribution is 2.21. The Kier molecular flexibility index (Phi) is 3.13. The average Bonchev–Trinajstić information content (AvgIpc) is 2.31. The van der Waals surface area contributed by atoms with Crippen molar-refractivity contribution in [3.8, 4) is 12.1 Å². The van der Waals surface area contributed by atoms with Crippen molar-refractivity contribution < 1.29 is 4.74 Å². The molecule has 0 aliphatic heterocycles. The number of rotatable bonds is 2. The molecule has 1 aromatic heterocycles. The van der Waals surface area contributed by atoms with Gasteiger partial charge in [-0.05, 0) is 31.7 Å². The van der Waals surface area contributed by atoms with Gasteiger partial charge >= 0.3 is 6.01 Å². The normalized spacial score (nSPS) is 17.0. The van der Waals surface area contributed by atoms with Gasteiger partial charge in [-0.1, -0.05) is 6.42 Å². The standard InChI is InChI=1S/C11H13N3O/c12-8-9-6-7-13-11(14-9)15-10-4-2-1-3-5-10/h6-7,10H,1-5H2. The van der Waals surface area contributed by atoms with E-state index in [0.717, 1.165) is 12.8 Å². The summed E-state index contributed by atoms with van der Waals surface area (Å²) >= 11 is 0. The smallest absolute Gasteiger partial charge is 0.317 e. The SMILES string of the molecule is N#Cc1ccnc(OC2CCCCC2)n1. The Morgan fingerprint density at radius 3 is 2.87 bits per heavy atom. The molecule has 4 heteroatoms. The van der Waals surface area contributed by atoms with Crippen molar-refractivity contribution in [1.29, 1.82) is 5.26 Å². The number of hydrogen-bond donors (Lipinski definition) is 0. The minimum atomic E-state index is 0.229. The van der Waals surface area contributed by atoms with Crippen LogP contribution < -0.4 is 4.74 Å². The first kappa shape index (κ1) is 9.91. The van der Waals surface area contributed by atoms with Gasteiger partial charge in [-0.2, -0.15) is 10.2 Å². The molecule has 1 fully saturated rings. The zero-order valence-electron chi connectivity index (χ0n) is 8.52. The lowest BCUT2D eigenvalue weighted by molar-refractivity contribution is 0.141. The minimum Gasteiger partial charge on any atom is -0.460 e. The molecule has 15 heavy (non-hydrogen) atoms. The van der Waals surface area contributed by atoms with Crippen LogP contribution in [-0.2, 0) is 0 Å². The monoisotopic (exact) mass is 203 g/mol. The summed E-state index contributed by atoms with van der Waals surface area (Å²) in [4.78, 5) is 7.99. The van der Waals surface area contributed by atoms with Crippen LogP contribution in [0.2, 0.25) is 0 Å². The van der Waals surface area contributed by atoms with Gasteiger partial charge in [0.2, 0.25) is 0 Å². The molecular formula is C11H13N3O. The summed E-state index contributed by atoms with van der Waals surface area (Å²) in [5.74, 6) is 0. The van der Waals surface area contributed by atoms with Crippen molar-refractivity contribution in [3.63, 3.8) is 0 Å².